The highest BCUT2D eigenvalue weighted by Gasteiger charge is 2.33. The van der Waals surface area contributed by atoms with Gasteiger partial charge in [0.2, 0.25) is 5.91 Å². The van der Waals surface area contributed by atoms with E-state index >= 15 is 0 Å². The first-order chi connectivity index (χ1) is 14.9. The largest absolute Gasteiger partial charge is 0.379 e. The third-order valence-electron chi connectivity index (χ3n) is 6.25. The summed E-state index contributed by atoms with van der Waals surface area (Å²) in [7, 11) is 0. The van der Waals surface area contributed by atoms with Crippen LogP contribution >= 0.6 is 0 Å². The lowest BCUT2D eigenvalue weighted by Gasteiger charge is -2.37. The van der Waals surface area contributed by atoms with Crippen LogP contribution in [0.5, 0.6) is 0 Å². The van der Waals surface area contributed by atoms with E-state index in [0.29, 0.717) is 26.3 Å². The lowest BCUT2D eigenvalue weighted by molar-refractivity contribution is -0.131. The minimum Gasteiger partial charge on any atom is -0.379 e. The quantitative estimate of drug-likeness (QED) is 0.730. The number of nitrogens with zero attached hydrogens (tertiary/aromatic N) is 4. The second-order valence-electron chi connectivity index (χ2n) is 9.06. The number of amides is 1. The van der Waals surface area contributed by atoms with Gasteiger partial charge in [-0.05, 0) is 31.5 Å². The number of halogens is 1. The Kier molecular flexibility index (Phi) is 6.69. The van der Waals surface area contributed by atoms with Crippen molar-refractivity contribution in [2.75, 3.05) is 45.9 Å². The molecule has 1 aromatic carbocycles. The Hall–Kier alpha value is -2.29. The van der Waals surface area contributed by atoms with Crippen molar-refractivity contribution in [2.45, 2.75) is 33.0 Å². The van der Waals surface area contributed by atoms with Crippen LogP contribution in [-0.4, -0.2) is 71.2 Å². The fraction of sp³-hybridized carbons (Fsp3) is 0.565. The van der Waals surface area contributed by atoms with Gasteiger partial charge in [-0.15, -0.1) is 0 Å². The first-order valence-corrected chi connectivity index (χ1v) is 11.0. The Morgan fingerprint density at radius 1 is 1.19 bits per heavy atom. The fourth-order valence-corrected chi connectivity index (χ4v) is 4.45. The molecule has 1 N–H and O–H groups in total. The van der Waals surface area contributed by atoms with E-state index in [4.69, 9.17) is 4.74 Å². The third-order valence-corrected chi connectivity index (χ3v) is 6.25. The molecule has 0 aliphatic carbocycles. The molecule has 2 aliphatic heterocycles. The van der Waals surface area contributed by atoms with Gasteiger partial charge >= 0.3 is 0 Å². The smallest absolute Gasteiger partial charge is 0.227 e. The van der Waals surface area contributed by atoms with E-state index in [1.165, 1.54) is 12.1 Å². The van der Waals surface area contributed by atoms with Crippen molar-refractivity contribution in [2.24, 2.45) is 5.41 Å². The van der Waals surface area contributed by atoms with Gasteiger partial charge in [-0.25, -0.2) is 9.37 Å². The van der Waals surface area contributed by atoms with Crippen LogP contribution in [-0.2, 0) is 22.6 Å². The molecule has 2 aliphatic rings. The number of carbonyl (C=O) groups is 1. The summed E-state index contributed by atoms with van der Waals surface area (Å²) in [4.78, 5) is 22.1. The molecule has 1 saturated heterocycles. The molecule has 168 valence electrons. The van der Waals surface area contributed by atoms with E-state index in [1.807, 2.05) is 38.4 Å². The third kappa shape index (κ3) is 5.31. The molecule has 1 amide bonds. The summed E-state index contributed by atoms with van der Waals surface area (Å²) in [6, 6.07) is 6.57. The molecule has 0 unspecified atom stereocenters. The molecule has 31 heavy (non-hydrogen) atoms. The van der Waals surface area contributed by atoms with Gasteiger partial charge in [0, 0.05) is 51.7 Å². The number of benzene rings is 1. The van der Waals surface area contributed by atoms with E-state index < -0.39 is 5.41 Å². The maximum Gasteiger partial charge on any atom is 0.227 e. The number of nitrogens with one attached hydrogen (secondary N) is 1. The van der Waals surface area contributed by atoms with Crippen molar-refractivity contribution in [1.82, 2.24) is 24.7 Å². The molecule has 1 fully saturated rings. The van der Waals surface area contributed by atoms with Crippen LogP contribution in [0.1, 0.15) is 31.3 Å². The molecule has 2 aromatic rings. The van der Waals surface area contributed by atoms with Crippen LogP contribution in [0.25, 0.3) is 0 Å². The number of fused-ring (bicyclic) bond motifs is 1. The Morgan fingerprint density at radius 3 is 2.68 bits per heavy atom. The van der Waals surface area contributed by atoms with Gasteiger partial charge < -0.3 is 14.6 Å². The average Bonchev–Trinajstić information content (AvgIpc) is 3.23. The zero-order valence-corrected chi connectivity index (χ0v) is 18.4. The van der Waals surface area contributed by atoms with Gasteiger partial charge in [0.15, 0.2) is 0 Å². The molecule has 0 radical (unpaired) electrons. The average molecular weight is 430 g/mol. The van der Waals surface area contributed by atoms with Crippen molar-refractivity contribution >= 4 is 5.91 Å². The van der Waals surface area contributed by atoms with Gasteiger partial charge in [-0.3, -0.25) is 14.6 Å². The van der Waals surface area contributed by atoms with Gasteiger partial charge in [-0.2, -0.15) is 0 Å². The van der Waals surface area contributed by atoms with Crippen LogP contribution in [0, 0.1) is 11.2 Å². The van der Waals surface area contributed by atoms with Crippen LogP contribution in [0.2, 0.25) is 0 Å². The van der Waals surface area contributed by atoms with Gasteiger partial charge in [0.1, 0.15) is 11.6 Å². The predicted molar refractivity (Wildman–Crippen MR) is 116 cm³/mol. The molecular formula is C23H32FN5O2. The molecule has 0 spiro atoms. The zero-order chi connectivity index (χ0) is 21.8. The van der Waals surface area contributed by atoms with Crippen molar-refractivity contribution < 1.29 is 13.9 Å². The maximum absolute atomic E-state index is 13.4. The SMILES string of the molecule is CC(C)(CN1CCn2ccnc2C1)C(=O)NC[C@H](c1ccc(F)cc1)N1CCOCC1. The minimum atomic E-state index is -0.535. The molecule has 8 heteroatoms. The number of hydrogen-bond donors (Lipinski definition) is 1. The monoisotopic (exact) mass is 429 g/mol. The lowest BCUT2D eigenvalue weighted by atomic mass is 9.91. The predicted octanol–water partition coefficient (Wildman–Crippen LogP) is 2.05. The van der Waals surface area contributed by atoms with Crippen molar-refractivity contribution in [3.05, 3.63) is 53.9 Å². The standard InChI is InChI=1S/C23H32FN5O2/c1-23(2,17-27-9-10-29-8-7-25-21(29)16-27)22(30)26-15-20(28-11-13-31-14-12-28)18-3-5-19(24)6-4-18/h3-8,20H,9-17H2,1-2H3,(H,26,30)/t20-/m1/s1. The van der Waals surface area contributed by atoms with Crippen molar-refractivity contribution in [3.63, 3.8) is 0 Å². The van der Waals surface area contributed by atoms with Crippen LogP contribution in [0.3, 0.4) is 0 Å². The number of ether oxygens (including phenoxy) is 1. The summed E-state index contributed by atoms with van der Waals surface area (Å²) in [6.07, 6.45) is 3.84. The first kappa shape index (κ1) is 21.9. The molecule has 1 atom stereocenters. The van der Waals surface area contributed by atoms with Crippen LogP contribution in [0.4, 0.5) is 4.39 Å². The van der Waals surface area contributed by atoms with Gasteiger partial charge in [0.05, 0.1) is 31.2 Å². The second kappa shape index (κ2) is 9.46. The van der Waals surface area contributed by atoms with E-state index in [2.05, 4.69) is 24.7 Å². The first-order valence-electron chi connectivity index (χ1n) is 11.0. The number of hydrogen-bond acceptors (Lipinski definition) is 5. The number of imidazole rings is 1. The van der Waals surface area contributed by atoms with Crippen LogP contribution in [0.15, 0.2) is 36.7 Å². The van der Waals surface area contributed by atoms with E-state index in [0.717, 1.165) is 44.1 Å². The molecule has 3 heterocycles. The van der Waals surface area contributed by atoms with Crippen molar-refractivity contribution in [1.29, 1.82) is 0 Å². The summed E-state index contributed by atoms with van der Waals surface area (Å²) < 4.78 is 21.1. The molecule has 4 rings (SSSR count). The van der Waals surface area contributed by atoms with Crippen molar-refractivity contribution in [3.8, 4) is 0 Å². The highest BCUT2D eigenvalue weighted by molar-refractivity contribution is 5.82. The number of carbonyl (C=O) groups excluding carboxylic acids is 1. The molecule has 0 bridgehead atoms. The zero-order valence-electron chi connectivity index (χ0n) is 18.4. The highest BCUT2D eigenvalue weighted by Crippen LogP contribution is 2.24. The summed E-state index contributed by atoms with van der Waals surface area (Å²) in [5, 5.41) is 3.17. The summed E-state index contributed by atoms with van der Waals surface area (Å²) in [6.45, 7) is 10.6. The summed E-state index contributed by atoms with van der Waals surface area (Å²) >= 11 is 0. The number of morpholine rings is 1. The van der Waals surface area contributed by atoms with Gasteiger partial charge in [-0.1, -0.05) is 12.1 Å². The Morgan fingerprint density at radius 2 is 1.94 bits per heavy atom. The van der Waals surface area contributed by atoms with E-state index in [1.54, 1.807) is 0 Å². The molecular weight excluding hydrogens is 397 g/mol. The Bertz CT molecular complexity index is 876. The van der Waals surface area contributed by atoms with Crippen LogP contribution < -0.4 is 5.32 Å². The molecule has 7 nitrogen and oxygen atoms in total. The number of aromatic nitrogens is 2. The maximum atomic E-state index is 13.4. The fourth-order valence-electron chi connectivity index (χ4n) is 4.45. The summed E-state index contributed by atoms with van der Waals surface area (Å²) in [5.74, 6) is 0.824. The summed E-state index contributed by atoms with van der Waals surface area (Å²) in [5.41, 5.74) is 0.469. The topological polar surface area (TPSA) is 62.6 Å². The van der Waals surface area contributed by atoms with E-state index in [9.17, 15) is 9.18 Å². The normalized spacial score (nSPS) is 19.1. The minimum absolute atomic E-state index is 0.00767. The highest BCUT2D eigenvalue weighted by atomic mass is 19.1. The lowest BCUT2D eigenvalue weighted by Crippen LogP contribution is -2.49. The van der Waals surface area contributed by atoms with Gasteiger partial charge in [0.25, 0.3) is 0 Å². The van der Waals surface area contributed by atoms with E-state index in [-0.39, 0.29) is 17.8 Å². The Labute approximate surface area is 183 Å². The molecule has 0 saturated carbocycles. The number of rotatable bonds is 7. The Balaban J connectivity index is 1.38. The molecule has 1 aromatic heterocycles. The second-order valence-corrected chi connectivity index (χ2v) is 9.06.